The molecule has 1 heterocycles. The fourth-order valence-corrected chi connectivity index (χ4v) is 3.85. The molecule has 1 aliphatic rings. The summed E-state index contributed by atoms with van der Waals surface area (Å²) in [6.07, 6.45) is 1.42. The molecule has 0 aromatic heterocycles. The van der Waals surface area contributed by atoms with E-state index in [1.807, 2.05) is 0 Å². The minimum absolute atomic E-state index is 0.00704. The first kappa shape index (κ1) is 24.9. The number of carbonyl (C=O) groups is 2. The first-order valence-corrected chi connectivity index (χ1v) is 11.1. The van der Waals surface area contributed by atoms with E-state index in [2.05, 4.69) is 4.99 Å². The Morgan fingerprint density at radius 2 is 1.86 bits per heavy atom. The molecule has 0 spiro atoms. The summed E-state index contributed by atoms with van der Waals surface area (Å²) in [5, 5.41) is 11.3. The van der Waals surface area contributed by atoms with Crippen molar-refractivity contribution in [1.82, 2.24) is 0 Å². The minimum atomic E-state index is -0.723. The van der Waals surface area contributed by atoms with Gasteiger partial charge >= 0.3 is 11.9 Å². The summed E-state index contributed by atoms with van der Waals surface area (Å²) in [5.74, 6) is -1.32. The highest BCUT2D eigenvalue weighted by atomic mass is 35.5. The number of rotatable bonds is 6. The second kappa shape index (κ2) is 10.2. The molecule has 0 N–H and O–H groups in total. The normalized spacial score (nSPS) is 13.8. The highest BCUT2D eigenvalue weighted by Crippen LogP contribution is 2.38. The maximum absolute atomic E-state index is 12.6. The maximum atomic E-state index is 12.6. The Bertz CT molecular complexity index is 1480. The van der Waals surface area contributed by atoms with Crippen LogP contribution in [0.2, 0.25) is 10.0 Å². The van der Waals surface area contributed by atoms with Crippen molar-refractivity contribution in [3.05, 3.63) is 103 Å². The van der Waals surface area contributed by atoms with E-state index < -0.39 is 16.9 Å². The lowest BCUT2D eigenvalue weighted by atomic mass is 10.1. The van der Waals surface area contributed by atoms with Gasteiger partial charge in [-0.2, -0.15) is 0 Å². The SMILES string of the molecule is COc1cc(/C=C2\N=C(c3ccc([N+](=O)[O-])c(C)c3)OC2=O)cc(Cl)c1OC(=O)c1ccccc1Cl. The van der Waals surface area contributed by atoms with Crippen molar-refractivity contribution in [2.75, 3.05) is 7.11 Å². The average Bonchev–Trinajstić information content (AvgIpc) is 3.20. The lowest BCUT2D eigenvalue weighted by Crippen LogP contribution is -2.10. The van der Waals surface area contributed by atoms with Crippen LogP contribution < -0.4 is 9.47 Å². The van der Waals surface area contributed by atoms with Gasteiger partial charge in [0.25, 0.3) is 5.69 Å². The number of hydrogen-bond donors (Lipinski definition) is 0. The predicted octanol–water partition coefficient (Wildman–Crippen LogP) is 5.78. The van der Waals surface area contributed by atoms with Gasteiger partial charge in [0.2, 0.25) is 5.90 Å². The number of esters is 2. The highest BCUT2D eigenvalue weighted by Gasteiger charge is 2.26. The quantitative estimate of drug-likeness (QED) is 0.131. The molecule has 1 aliphatic heterocycles. The van der Waals surface area contributed by atoms with Crippen molar-refractivity contribution in [1.29, 1.82) is 0 Å². The second-order valence-corrected chi connectivity index (χ2v) is 8.31. The Labute approximate surface area is 214 Å². The molecule has 11 heteroatoms. The van der Waals surface area contributed by atoms with Crippen LogP contribution in [0.15, 0.2) is 65.3 Å². The van der Waals surface area contributed by atoms with Crippen molar-refractivity contribution in [2.45, 2.75) is 6.92 Å². The average molecular weight is 527 g/mol. The third kappa shape index (κ3) is 5.07. The van der Waals surface area contributed by atoms with Gasteiger partial charge in [0.15, 0.2) is 17.2 Å². The third-order valence-corrected chi connectivity index (χ3v) is 5.71. The lowest BCUT2D eigenvalue weighted by molar-refractivity contribution is -0.385. The molecule has 3 aromatic rings. The van der Waals surface area contributed by atoms with Crippen molar-refractivity contribution in [3.63, 3.8) is 0 Å². The minimum Gasteiger partial charge on any atom is -0.493 e. The van der Waals surface area contributed by atoms with E-state index in [4.69, 9.17) is 37.4 Å². The number of aryl methyl sites for hydroxylation is 1. The van der Waals surface area contributed by atoms with Gasteiger partial charge in [-0.25, -0.2) is 14.6 Å². The number of methoxy groups -OCH3 is 1. The van der Waals surface area contributed by atoms with Crippen molar-refractivity contribution in [3.8, 4) is 11.5 Å². The topological polar surface area (TPSA) is 117 Å². The molecule has 0 saturated heterocycles. The zero-order valence-electron chi connectivity index (χ0n) is 18.8. The number of carbonyl (C=O) groups excluding carboxylic acids is 2. The Morgan fingerprint density at radius 1 is 1.11 bits per heavy atom. The molecule has 0 unspecified atom stereocenters. The third-order valence-electron chi connectivity index (χ3n) is 5.10. The molecule has 0 radical (unpaired) electrons. The van der Waals surface area contributed by atoms with Crippen LogP contribution in [0.4, 0.5) is 5.69 Å². The summed E-state index contributed by atoms with van der Waals surface area (Å²) in [6.45, 7) is 1.57. The Hall–Kier alpha value is -4.21. The first-order chi connectivity index (χ1) is 17.2. The number of nitro groups is 1. The van der Waals surface area contributed by atoms with Gasteiger partial charge in [-0.15, -0.1) is 0 Å². The van der Waals surface area contributed by atoms with E-state index in [0.717, 1.165) is 0 Å². The van der Waals surface area contributed by atoms with Gasteiger partial charge < -0.3 is 14.2 Å². The monoisotopic (exact) mass is 526 g/mol. The van der Waals surface area contributed by atoms with Crippen molar-refractivity contribution in [2.24, 2.45) is 4.99 Å². The van der Waals surface area contributed by atoms with Crippen LogP contribution in [0.5, 0.6) is 11.5 Å². The zero-order valence-corrected chi connectivity index (χ0v) is 20.3. The number of benzene rings is 3. The smallest absolute Gasteiger partial charge is 0.363 e. The number of nitro benzene ring substituents is 1. The fourth-order valence-electron chi connectivity index (χ4n) is 3.38. The van der Waals surface area contributed by atoms with Gasteiger partial charge in [0.05, 0.1) is 27.6 Å². The van der Waals surface area contributed by atoms with E-state index in [1.54, 1.807) is 25.1 Å². The molecule has 0 fully saturated rings. The molecule has 0 saturated carbocycles. The van der Waals surface area contributed by atoms with E-state index in [0.29, 0.717) is 16.7 Å². The number of ether oxygens (including phenoxy) is 3. The molecule has 0 bridgehead atoms. The van der Waals surface area contributed by atoms with Gasteiger partial charge in [-0.05, 0) is 55.0 Å². The molecule has 36 heavy (non-hydrogen) atoms. The summed E-state index contributed by atoms with van der Waals surface area (Å²) < 4.78 is 16.0. The molecular formula is C25H16Cl2N2O7. The predicted molar refractivity (Wildman–Crippen MR) is 133 cm³/mol. The first-order valence-electron chi connectivity index (χ1n) is 10.3. The van der Waals surface area contributed by atoms with E-state index in [1.165, 1.54) is 49.6 Å². The number of aliphatic imine (C=N–C) groups is 1. The molecular weight excluding hydrogens is 511 g/mol. The summed E-state index contributed by atoms with van der Waals surface area (Å²) in [5.41, 5.74) is 1.29. The summed E-state index contributed by atoms with van der Waals surface area (Å²) in [7, 11) is 1.37. The number of hydrogen-bond acceptors (Lipinski definition) is 8. The molecule has 4 rings (SSSR count). The largest absolute Gasteiger partial charge is 0.493 e. The standard InChI is InChI=1S/C25H16Cl2N2O7/c1-13-9-15(7-8-20(13)29(32)33)23-28-19(25(31)36-23)11-14-10-18(27)22(21(12-14)34-2)35-24(30)16-5-3-4-6-17(16)26/h3-12H,1-2H3/b19-11-. The summed E-state index contributed by atoms with van der Waals surface area (Å²) in [6, 6.07) is 13.6. The zero-order chi connectivity index (χ0) is 26.0. The Kier molecular flexibility index (Phi) is 7.05. The Balaban J connectivity index is 1.63. The van der Waals surface area contributed by atoms with Crippen molar-refractivity contribution >= 4 is 52.8 Å². The maximum Gasteiger partial charge on any atom is 0.363 e. The summed E-state index contributed by atoms with van der Waals surface area (Å²) >= 11 is 12.4. The fraction of sp³-hybridized carbons (Fsp3) is 0.0800. The molecule has 3 aromatic carbocycles. The van der Waals surface area contributed by atoms with E-state index in [9.17, 15) is 19.7 Å². The highest BCUT2D eigenvalue weighted by molar-refractivity contribution is 6.34. The van der Waals surface area contributed by atoms with Gasteiger partial charge in [0, 0.05) is 17.2 Å². The van der Waals surface area contributed by atoms with Crippen LogP contribution in [0, 0.1) is 17.0 Å². The lowest BCUT2D eigenvalue weighted by Gasteiger charge is -2.12. The number of cyclic esters (lactones) is 1. The van der Waals surface area contributed by atoms with Crippen LogP contribution in [-0.4, -0.2) is 29.9 Å². The van der Waals surface area contributed by atoms with Crippen LogP contribution in [-0.2, 0) is 9.53 Å². The van der Waals surface area contributed by atoms with Crippen molar-refractivity contribution < 1.29 is 28.7 Å². The molecule has 0 amide bonds. The Morgan fingerprint density at radius 3 is 2.53 bits per heavy atom. The van der Waals surface area contributed by atoms with Crippen LogP contribution in [0.1, 0.15) is 27.0 Å². The molecule has 9 nitrogen and oxygen atoms in total. The molecule has 0 aliphatic carbocycles. The van der Waals surface area contributed by atoms with Gasteiger partial charge in [0.1, 0.15) is 0 Å². The van der Waals surface area contributed by atoms with E-state index in [-0.39, 0.29) is 44.4 Å². The summed E-state index contributed by atoms with van der Waals surface area (Å²) in [4.78, 5) is 39.7. The second-order valence-electron chi connectivity index (χ2n) is 7.50. The van der Waals surface area contributed by atoms with Crippen LogP contribution in [0.3, 0.4) is 0 Å². The number of nitrogens with zero attached hydrogens (tertiary/aromatic N) is 2. The van der Waals surface area contributed by atoms with E-state index >= 15 is 0 Å². The van der Waals surface area contributed by atoms with Gasteiger partial charge in [-0.1, -0.05) is 35.3 Å². The van der Waals surface area contributed by atoms with Crippen LogP contribution in [0.25, 0.3) is 6.08 Å². The molecule has 0 atom stereocenters. The molecule has 182 valence electrons. The van der Waals surface area contributed by atoms with Crippen LogP contribution >= 0.6 is 23.2 Å². The van der Waals surface area contributed by atoms with Gasteiger partial charge in [-0.3, -0.25) is 10.1 Å². The number of halogens is 2.